The molecule has 2 rings (SSSR count). The number of nitrogens with zero attached hydrogens (tertiary/aromatic N) is 2. The number of halogens is 6. The van der Waals surface area contributed by atoms with Gasteiger partial charge in [-0.3, -0.25) is 4.79 Å². The van der Waals surface area contributed by atoms with E-state index in [0.29, 0.717) is 6.33 Å². The molecule has 1 heterocycles. The lowest BCUT2D eigenvalue weighted by atomic mass is 10.3. The first kappa shape index (κ1) is 20.1. The predicted octanol–water partition coefficient (Wildman–Crippen LogP) is 2.85. The Hall–Kier alpha value is -2.21. The maximum absolute atomic E-state index is 13.1. The molecule has 26 heavy (non-hydrogen) atoms. The largest absolute Gasteiger partial charge is 0.455 e. The molecule has 0 aliphatic heterocycles. The molecule has 2 aromatic rings. The topological polar surface area (TPSA) is 81.1 Å². The van der Waals surface area contributed by atoms with E-state index < -0.39 is 45.4 Å². The van der Waals surface area contributed by atoms with Gasteiger partial charge in [-0.15, -0.1) is 0 Å². The molecule has 0 unspecified atom stereocenters. The zero-order valence-electron chi connectivity index (χ0n) is 12.5. The summed E-state index contributed by atoms with van der Waals surface area (Å²) in [5.74, 6) is -6.51. The van der Waals surface area contributed by atoms with Crippen molar-refractivity contribution in [2.45, 2.75) is 23.5 Å². The van der Waals surface area contributed by atoms with E-state index in [9.17, 15) is 35.2 Å². The maximum atomic E-state index is 13.1. The Kier molecular flexibility index (Phi) is 5.29. The second-order valence-corrected chi connectivity index (χ2v) is 7.00. The van der Waals surface area contributed by atoms with Crippen molar-refractivity contribution in [2.24, 2.45) is 0 Å². The molecule has 142 valence electrons. The van der Waals surface area contributed by atoms with E-state index >= 15 is 0 Å². The molecular formula is C13H9ClF5N3O3S. The van der Waals surface area contributed by atoms with Gasteiger partial charge in [0.2, 0.25) is 0 Å². The second kappa shape index (κ2) is 6.83. The van der Waals surface area contributed by atoms with Gasteiger partial charge in [-0.25, -0.2) is 18.1 Å². The molecule has 1 N–H and O–H groups in total. The van der Waals surface area contributed by atoms with Gasteiger partial charge in [-0.2, -0.15) is 22.0 Å². The fraction of sp³-hybridized carbons (Fsp3) is 0.231. The van der Waals surface area contributed by atoms with Crippen LogP contribution in [0, 0.1) is 0 Å². The molecule has 0 spiro atoms. The van der Waals surface area contributed by atoms with Gasteiger partial charge in [0.1, 0.15) is 5.15 Å². The molecule has 0 saturated carbocycles. The van der Waals surface area contributed by atoms with Crippen molar-refractivity contribution in [3.8, 4) is 0 Å². The normalized spacial score (nSPS) is 12.8. The maximum Gasteiger partial charge on any atom is 0.455 e. The Morgan fingerprint density at radius 2 is 1.73 bits per heavy atom. The summed E-state index contributed by atoms with van der Waals surface area (Å²) in [5, 5.41) is -0.866. The van der Waals surface area contributed by atoms with Crippen molar-refractivity contribution < 1.29 is 35.2 Å². The van der Waals surface area contributed by atoms with Crippen molar-refractivity contribution in [3.05, 3.63) is 47.5 Å². The Labute approximate surface area is 148 Å². The molecule has 1 amide bonds. The molecule has 1 aromatic heterocycles. The highest BCUT2D eigenvalue weighted by Crippen LogP contribution is 2.37. The molecule has 0 bridgehead atoms. The average Bonchev–Trinajstić information content (AvgIpc) is 2.87. The highest BCUT2D eigenvalue weighted by Gasteiger charge is 2.57. The molecule has 1 aromatic carbocycles. The number of rotatable bonds is 5. The smallest absolute Gasteiger partial charge is 0.315 e. The zero-order chi connectivity index (χ0) is 19.8. The first-order valence-electron chi connectivity index (χ1n) is 6.62. The van der Waals surface area contributed by atoms with Gasteiger partial charge in [0.05, 0.1) is 17.8 Å². The summed E-state index contributed by atoms with van der Waals surface area (Å²) in [6, 6.07) is 6.67. The molecule has 0 fully saturated rings. The summed E-state index contributed by atoms with van der Waals surface area (Å²) < 4.78 is 88.7. The van der Waals surface area contributed by atoms with Crippen LogP contribution in [0.1, 0.15) is 10.5 Å². The van der Waals surface area contributed by atoms with E-state index in [1.165, 1.54) is 30.3 Å². The van der Waals surface area contributed by atoms with Gasteiger partial charge in [0, 0.05) is 0 Å². The number of hydrogen-bond acceptors (Lipinski definition) is 4. The van der Waals surface area contributed by atoms with Crippen molar-refractivity contribution in [2.75, 3.05) is 0 Å². The van der Waals surface area contributed by atoms with E-state index in [2.05, 4.69) is 4.98 Å². The van der Waals surface area contributed by atoms with Crippen LogP contribution in [0.4, 0.5) is 22.0 Å². The number of amides is 1. The van der Waals surface area contributed by atoms with Gasteiger partial charge in [-0.05, 0) is 12.1 Å². The molecule has 13 heteroatoms. The van der Waals surface area contributed by atoms with Crippen molar-refractivity contribution >= 4 is 27.5 Å². The summed E-state index contributed by atoms with van der Waals surface area (Å²) in [5.41, 5.74) is -0.816. The molecule has 6 nitrogen and oxygen atoms in total. The van der Waals surface area contributed by atoms with Gasteiger partial charge in [0.25, 0.3) is 15.9 Å². The van der Waals surface area contributed by atoms with Crippen LogP contribution in [0.15, 0.2) is 41.6 Å². The molecule has 0 saturated heterocycles. The third-order valence-corrected chi connectivity index (χ3v) is 4.80. The third-order valence-electron chi connectivity index (χ3n) is 3.05. The Balaban J connectivity index is 2.23. The number of sulfonamides is 1. The van der Waals surface area contributed by atoms with Crippen LogP contribution in [0.25, 0.3) is 0 Å². The van der Waals surface area contributed by atoms with Crippen LogP contribution in [0.3, 0.4) is 0 Å². The summed E-state index contributed by atoms with van der Waals surface area (Å²) in [6.07, 6.45) is -5.36. The van der Waals surface area contributed by atoms with Gasteiger partial charge in [0.15, 0.2) is 5.69 Å². The summed E-state index contributed by atoms with van der Waals surface area (Å²) >= 11 is 5.59. The van der Waals surface area contributed by atoms with E-state index in [1.807, 2.05) is 0 Å². The first-order valence-corrected chi connectivity index (χ1v) is 8.48. The van der Waals surface area contributed by atoms with Crippen molar-refractivity contribution in [1.82, 2.24) is 14.3 Å². The lowest BCUT2D eigenvalue weighted by Crippen LogP contribution is -2.40. The SMILES string of the molecule is O=C(NS(=O)(=O)c1ccccc1)c1ncn(CC(F)(F)C(F)(F)F)c1Cl. The van der Waals surface area contributed by atoms with E-state index in [0.717, 1.165) is 0 Å². The lowest BCUT2D eigenvalue weighted by Gasteiger charge is -2.20. The fourth-order valence-corrected chi connectivity index (χ4v) is 2.97. The third kappa shape index (κ3) is 4.12. The van der Waals surface area contributed by atoms with E-state index in [-0.39, 0.29) is 9.46 Å². The zero-order valence-corrected chi connectivity index (χ0v) is 14.0. The number of benzene rings is 1. The van der Waals surface area contributed by atoms with Crippen LogP contribution in [-0.4, -0.2) is 36.0 Å². The molecule has 0 atom stereocenters. The van der Waals surface area contributed by atoms with Gasteiger partial charge < -0.3 is 4.57 Å². The first-order chi connectivity index (χ1) is 11.8. The predicted molar refractivity (Wildman–Crippen MR) is 79.3 cm³/mol. The molecule has 0 aliphatic rings. The molecular weight excluding hydrogens is 409 g/mol. The van der Waals surface area contributed by atoms with Gasteiger partial charge >= 0.3 is 12.1 Å². The number of nitrogens with one attached hydrogen (secondary N) is 1. The van der Waals surface area contributed by atoms with Crippen LogP contribution < -0.4 is 4.72 Å². The fourth-order valence-electron chi connectivity index (χ4n) is 1.76. The van der Waals surface area contributed by atoms with Crippen LogP contribution in [0.5, 0.6) is 0 Å². The minimum Gasteiger partial charge on any atom is -0.315 e. The summed E-state index contributed by atoms with van der Waals surface area (Å²) in [6.45, 7) is -1.92. The number of carbonyl (C=O) groups is 1. The second-order valence-electron chi connectivity index (χ2n) is 4.96. The molecule has 0 aliphatic carbocycles. The van der Waals surface area contributed by atoms with E-state index in [4.69, 9.17) is 11.6 Å². The Morgan fingerprint density at radius 1 is 1.15 bits per heavy atom. The Morgan fingerprint density at radius 3 is 2.27 bits per heavy atom. The minimum absolute atomic E-state index is 0.194. The number of hydrogen-bond donors (Lipinski definition) is 1. The van der Waals surface area contributed by atoms with E-state index in [1.54, 1.807) is 4.72 Å². The van der Waals surface area contributed by atoms with Crippen molar-refractivity contribution in [3.63, 3.8) is 0 Å². The van der Waals surface area contributed by atoms with Crippen molar-refractivity contribution in [1.29, 1.82) is 0 Å². The molecule has 0 radical (unpaired) electrons. The lowest BCUT2D eigenvalue weighted by molar-refractivity contribution is -0.286. The average molecular weight is 418 g/mol. The standard InChI is InChI=1S/C13H9ClF5N3O3S/c14-10-9(20-7-22(10)6-12(15,16)13(17,18)19)11(23)21-26(24,25)8-4-2-1-3-5-8/h1-5,7H,6H2,(H,21,23). The number of imidazole rings is 1. The minimum atomic E-state index is -5.83. The van der Waals surface area contributed by atoms with Crippen LogP contribution in [-0.2, 0) is 16.6 Å². The Bertz CT molecular complexity index is 913. The highest BCUT2D eigenvalue weighted by molar-refractivity contribution is 7.90. The number of alkyl halides is 5. The summed E-state index contributed by atoms with van der Waals surface area (Å²) in [7, 11) is -4.31. The van der Waals surface area contributed by atoms with Gasteiger partial charge in [-0.1, -0.05) is 29.8 Å². The highest BCUT2D eigenvalue weighted by atomic mass is 35.5. The summed E-state index contributed by atoms with van der Waals surface area (Å²) in [4.78, 5) is 15.0. The quantitative estimate of drug-likeness (QED) is 0.759. The van der Waals surface area contributed by atoms with Crippen LogP contribution in [0.2, 0.25) is 5.15 Å². The number of aromatic nitrogens is 2. The monoisotopic (exact) mass is 417 g/mol. The number of carbonyl (C=O) groups excluding carboxylic acids is 1. The van der Waals surface area contributed by atoms with Crippen LogP contribution >= 0.6 is 11.6 Å².